The third-order valence-corrected chi connectivity index (χ3v) is 21.2. The van der Waals surface area contributed by atoms with Gasteiger partial charge in [0.25, 0.3) is 0 Å². The van der Waals surface area contributed by atoms with Gasteiger partial charge in [0.1, 0.15) is 23.3 Å². The lowest BCUT2D eigenvalue weighted by Gasteiger charge is -2.35. The summed E-state index contributed by atoms with van der Waals surface area (Å²) in [5, 5.41) is 21.8. The summed E-state index contributed by atoms with van der Waals surface area (Å²) < 4.78 is 94.9. The molecule has 0 aliphatic carbocycles. The molecule has 2 amide bonds. The van der Waals surface area contributed by atoms with E-state index in [4.69, 9.17) is 37.9 Å². The number of carbonyl (C=O) groups is 4. The number of likely N-dealkylation sites (tertiary alicyclic amines) is 4. The Balaban J connectivity index is 0.000000169. The highest BCUT2D eigenvalue weighted by atomic mass is 19.1. The van der Waals surface area contributed by atoms with Crippen LogP contribution < -0.4 is 37.9 Å². The second kappa shape index (κ2) is 42.3. The van der Waals surface area contributed by atoms with Crippen LogP contribution in [0.1, 0.15) is 118 Å². The first-order chi connectivity index (χ1) is 53.3. The zero-order chi connectivity index (χ0) is 78.6. The number of para-hydroxylation sites is 4. The highest BCUT2D eigenvalue weighted by Gasteiger charge is 2.34. The minimum absolute atomic E-state index is 0.00327. The maximum atomic E-state index is 13.0. The molecule has 8 aromatic carbocycles. The lowest BCUT2D eigenvalue weighted by atomic mass is 9.86. The Morgan fingerprint density at radius 3 is 0.936 bits per heavy atom. The maximum Gasteiger partial charge on any atom is 0.226 e. The minimum atomic E-state index is -0.681. The van der Waals surface area contributed by atoms with Crippen molar-refractivity contribution < 1.29 is 84.8 Å². The number of benzene rings is 8. The molecule has 4 saturated heterocycles. The van der Waals surface area contributed by atoms with E-state index >= 15 is 0 Å². The van der Waals surface area contributed by atoms with Crippen molar-refractivity contribution >= 4 is 23.4 Å². The molecule has 588 valence electrons. The first kappa shape index (κ1) is 84.0. The number of aliphatic hydroxyl groups is 2. The van der Waals surface area contributed by atoms with Crippen LogP contribution in [0.5, 0.6) is 46.0 Å². The Bertz CT molecular complexity index is 4220. The van der Waals surface area contributed by atoms with E-state index in [2.05, 4.69) is 9.80 Å². The summed E-state index contributed by atoms with van der Waals surface area (Å²) in [6.07, 6.45) is 7.23. The van der Waals surface area contributed by atoms with Gasteiger partial charge in [0.15, 0.2) is 57.6 Å². The minimum Gasteiger partial charge on any atom is -0.493 e. The zero-order valence-corrected chi connectivity index (χ0v) is 64.3. The number of aliphatic hydroxyl groups excluding tert-OH is 2. The van der Waals surface area contributed by atoms with Gasteiger partial charge in [-0.1, -0.05) is 84.9 Å². The van der Waals surface area contributed by atoms with E-state index in [1.54, 1.807) is 102 Å². The molecule has 4 heterocycles. The summed E-state index contributed by atoms with van der Waals surface area (Å²) in [5.74, 6) is 3.72. The average Bonchev–Trinajstić information content (AvgIpc) is 0.826. The van der Waals surface area contributed by atoms with Crippen LogP contribution in [0, 0.1) is 46.9 Å². The summed E-state index contributed by atoms with van der Waals surface area (Å²) in [7, 11) is 12.5. The Morgan fingerprint density at radius 1 is 0.345 bits per heavy atom. The van der Waals surface area contributed by atoms with Gasteiger partial charge in [-0.3, -0.25) is 19.2 Å². The van der Waals surface area contributed by atoms with E-state index in [9.17, 15) is 47.0 Å². The van der Waals surface area contributed by atoms with Crippen molar-refractivity contribution in [3.8, 4) is 46.0 Å². The summed E-state index contributed by atoms with van der Waals surface area (Å²) in [6.45, 7) is 7.82. The Labute approximate surface area is 643 Å². The van der Waals surface area contributed by atoms with E-state index < -0.39 is 12.2 Å². The lowest BCUT2D eigenvalue weighted by Crippen LogP contribution is -2.41. The number of piperidine rings is 4. The van der Waals surface area contributed by atoms with Gasteiger partial charge in [-0.15, -0.1) is 0 Å². The van der Waals surface area contributed by atoms with Crippen LogP contribution in [0.4, 0.5) is 17.6 Å². The molecule has 0 aromatic heterocycles. The molecule has 8 aromatic rings. The molecule has 0 radical (unpaired) electrons. The van der Waals surface area contributed by atoms with E-state index in [1.807, 2.05) is 71.6 Å². The maximum absolute atomic E-state index is 13.0. The molecule has 18 nitrogen and oxygen atoms in total. The normalized spacial score (nSPS) is 15.7. The summed E-state index contributed by atoms with van der Waals surface area (Å²) in [6, 6.07) is 47.2. The summed E-state index contributed by atoms with van der Waals surface area (Å²) in [5.41, 5.74) is 6.48. The molecule has 4 fully saturated rings. The Morgan fingerprint density at radius 2 is 0.618 bits per heavy atom. The van der Waals surface area contributed by atoms with Gasteiger partial charge in [-0.05, 0) is 209 Å². The lowest BCUT2D eigenvalue weighted by molar-refractivity contribution is -0.133. The molecule has 4 aliphatic heterocycles. The molecule has 0 bridgehead atoms. The number of ketones is 2. The van der Waals surface area contributed by atoms with Crippen molar-refractivity contribution in [2.24, 2.45) is 23.7 Å². The SMILES string of the molecule is COc1cccc(C(=O)C2CCN(C(=O)Cc3ccc(F)cc3)CC2)c1OC.COc1cccc(C(=O)C2CCN(CCc3ccc(F)cc3)CC2)c1OC.COc1cccc(C(O)C2CCN(C(=O)Cc3ccc(F)cc3)CC2)c1OC.COc1cccc(C(O)C2CCN(CCc3ccc(F)cc3)CC2)c1OC. The Hall–Kier alpha value is -10.0. The highest BCUT2D eigenvalue weighted by molar-refractivity contribution is 6.02. The first-order valence-electron chi connectivity index (χ1n) is 37.6. The fraction of sp³-hybridized carbons (Fsp3) is 0.409. The van der Waals surface area contributed by atoms with Gasteiger partial charge in [-0.25, -0.2) is 17.6 Å². The van der Waals surface area contributed by atoms with Crippen LogP contribution in [0.2, 0.25) is 0 Å². The zero-order valence-electron chi connectivity index (χ0n) is 64.3. The summed E-state index contributed by atoms with van der Waals surface area (Å²) >= 11 is 0. The number of nitrogens with zero attached hydrogens (tertiary/aromatic N) is 4. The van der Waals surface area contributed by atoms with Crippen LogP contribution in [0.3, 0.4) is 0 Å². The van der Waals surface area contributed by atoms with Crippen molar-refractivity contribution in [3.05, 3.63) is 238 Å². The van der Waals surface area contributed by atoms with Crippen molar-refractivity contribution in [2.75, 3.05) is 122 Å². The molecule has 0 spiro atoms. The standard InChI is InChI=1S/C22H26FNO4.C22H24FNO4.C22H28FNO3.C22H26FNO3/c2*1-27-19-5-3-4-18(22(19)28-2)21(26)16-10-12-24(13-11-16)20(25)14-15-6-8-17(23)9-7-15;2*1-26-20-5-3-4-19(22(20)27-2)21(25)17-11-14-24(15-12-17)13-10-16-6-8-18(23)9-7-16/h3-9,16,21,26H,10-14H2,1-2H3;3-9,16H,10-14H2,1-2H3;3-9,17,21,25H,10-15H2,1-2H3;3-9,17H,10-15H2,1-2H3. The van der Waals surface area contributed by atoms with Gasteiger partial charge >= 0.3 is 0 Å². The fourth-order valence-corrected chi connectivity index (χ4v) is 14.8. The topological polar surface area (TPSA) is 196 Å². The largest absolute Gasteiger partial charge is 0.493 e. The van der Waals surface area contributed by atoms with Gasteiger partial charge in [-0.2, -0.15) is 0 Å². The molecule has 110 heavy (non-hydrogen) atoms. The monoisotopic (exact) mass is 1520 g/mol. The number of methoxy groups -OCH3 is 8. The van der Waals surface area contributed by atoms with E-state index in [1.165, 1.54) is 62.8 Å². The highest BCUT2D eigenvalue weighted by Crippen LogP contribution is 2.43. The van der Waals surface area contributed by atoms with Crippen LogP contribution >= 0.6 is 0 Å². The predicted octanol–water partition coefficient (Wildman–Crippen LogP) is 14.7. The van der Waals surface area contributed by atoms with Crippen LogP contribution in [0.25, 0.3) is 0 Å². The molecule has 2 N–H and O–H groups in total. The second-order valence-corrected chi connectivity index (χ2v) is 27.9. The molecule has 0 saturated carbocycles. The van der Waals surface area contributed by atoms with E-state index in [0.29, 0.717) is 115 Å². The molecule has 12 rings (SSSR count). The number of hydrogen-bond donors (Lipinski definition) is 2. The van der Waals surface area contributed by atoms with Gasteiger partial charge < -0.3 is 67.7 Å². The molecule has 4 aliphatic rings. The van der Waals surface area contributed by atoms with Crippen molar-refractivity contribution in [3.63, 3.8) is 0 Å². The van der Waals surface area contributed by atoms with E-state index in [0.717, 1.165) is 106 Å². The Kier molecular flexibility index (Phi) is 32.3. The number of Topliss-reactive ketones (excluding diaryl/α,β-unsaturated/α-hetero) is 2. The molecule has 22 heteroatoms. The third-order valence-electron chi connectivity index (χ3n) is 21.2. The van der Waals surface area contributed by atoms with Gasteiger partial charge in [0.05, 0.1) is 93.1 Å². The number of amides is 2. The fourth-order valence-electron chi connectivity index (χ4n) is 14.8. The molecular formula is C88H104F4N4O14. The van der Waals surface area contributed by atoms with Crippen molar-refractivity contribution in [1.82, 2.24) is 19.6 Å². The number of ether oxygens (including phenoxy) is 8. The van der Waals surface area contributed by atoms with Crippen molar-refractivity contribution in [1.29, 1.82) is 0 Å². The number of carbonyl (C=O) groups excluding carboxylic acids is 4. The van der Waals surface area contributed by atoms with Crippen LogP contribution in [-0.4, -0.2) is 176 Å². The molecule has 2 unspecified atom stereocenters. The van der Waals surface area contributed by atoms with E-state index in [-0.39, 0.29) is 83.2 Å². The first-order valence-corrected chi connectivity index (χ1v) is 37.6. The van der Waals surface area contributed by atoms with Gasteiger partial charge in [0, 0.05) is 62.2 Å². The van der Waals surface area contributed by atoms with Crippen LogP contribution in [-0.2, 0) is 35.3 Å². The molecule has 2 atom stereocenters. The average molecular weight is 1520 g/mol. The quantitative estimate of drug-likeness (QED) is 0.0383. The molecular weight excluding hydrogens is 1410 g/mol. The van der Waals surface area contributed by atoms with Crippen LogP contribution in [0.15, 0.2) is 170 Å². The number of rotatable bonds is 26. The third kappa shape index (κ3) is 23.1. The van der Waals surface area contributed by atoms with Gasteiger partial charge in [0.2, 0.25) is 11.8 Å². The van der Waals surface area contributed by atoms with Crippen molar-refractivity contribution in [2.45, 2.75) is 89.3 Å². The number of halogens is 4. The second-order valence-electron chi connectivity index (χ2n) is 27.9. The smallest absolute Gasteiger partial charge is 0.226 e. The summed E-state index contributed by atoms with van der Waals surface area (Å²) in [4.78, 5) is 59.3. The number of hydrogen-bond acceptors (Lipinski definition) is 16. The predicted molar refractivity (Wildman–Crippen MR) is 414 cm³/mol.